The molecule has 0 spiro atoms. The molecular weight excluding hydrogens is 238 g/mol. The number of rotatable bonds is 7. The Morgan fingerprint density at radius 2 is 2.06 bits per heavy atom. The van der Waals surface area contributed by atoms with Crippen molar-refractivity contribution in [2.24, 2.45) is 0 Å². The van der Waals surface area contributed by atoms with Crippen LogP contribution in [0.5, 0.6) is 0 Å². The Morgan fingerprint density at radius 1 is 1.29 bits per heavy atom. The van der Waals surface area contributed by atoms with Crippen molar-refractivity contribution in [2.75, 3.05) is 32.4 Å². The van der Waals surface area contributed by atoms with Gasteiger partial charge in [0.1, 0.15) is 0 Å². The average molecular weight is 261 g/mol. The van der Waals surface area contributed by atoms with E-state index in [9.17, 15) is 8.42 Å². The molecular formula is C11H23N3O2S. The van der Waals surface area contributed by atoms with E-state index in [0.29, 0.717) is 6.42 Å². The highest BCUT2D eigenvalue weighted by atomic mass is 32.2. The van der Waals surface area contributed by atoms with Crippen molar-refractivity contribution >= 4 is 10.0 Å². The Kier molecular flexibility index (Phi) is 4.41. The van der Waals surface area contributed by atoms with Gasteiger partial charge < -0.3 is 5.32 Å². The minimum Gasteiger partial charge on any atom is -0.320 e. The first-order valence-corrected chi connectivity index (χ1v) is 8.14. The van der Waals surface area contributed by atoms with Crippen LogP contribution < -0.4 is 10.0 Å². The van der Waals surface area contributed by atoms with Crippen LogP contribution in [0.3, 0.4) is 0 Å². The third-order valence-electron chi connectivity index (χ3n) is 3.47. The predicted molar refractivity (Wildman–Crippen MR) is 68.5 cm³/mol. The van der Waals surface area contributed by atoms with Crippen LogP contribution >= 0.6 is 0 Å². The number of likely N-dealkylation sites (tertiary alicyclic amines) is 1. The summed E-state index contributed by atoms with van der Waals surface area (Å²) in [5.74, 6) is 0.230. The van der Waals surface area contributed by atoms with E-state index in [1.165, 1.54) is 12.8 Å². The SMILES string of the molecule is CNCCCS(=O)(=O)NC1CCN(C2CC2)C1. The maximum atomic E-state index is 11.8. The van der Waals surface area contributed by atoms with Crippen LogP contribution in [-0.2, 0) is 10.0 Å². The van der Waals surface area contributed by atoms with Crippen molar-refractivity contribution in [1.82, 2.24) is 14.9 Å². The highest BCUT2D eigenvalue weighted by Crippen LogP contribution is 2.29. The molecule has 2 aliphatic rings. The molecule has 0 bridgehead atoms. The highest BCUT2D eigenvalue weighted by Gasteiger charge is 2.35. The summed E-state index contributed by atoms with van der Waals surface area (Å²) in [6, 6.07) is 0.879. The normalized spacial score (nSPS) is 26.5. The molecule has 0 radical (unpaired) electrons. The van der Waals surface area contributed by atoms with Gasteiger partial charge in [-0.2, -0.15) is 0 Å². The number of hydrogen-bond acceptors (Lipinski definition) is 4. The molecule has 2 rings (SSSR count). The third-order valence-corrected chi connectivity index (χ3v) is 4.99. The second-order valence-corrected chi connectivity index (χ2v) is 6.98. The molecule has 1 heterocycles. The lowest BCUT2D eigenvalue weighted by Crippen LogP contribution is -2.39. The standard InChI is InChI=1S/C11H23N3O2S/c1-12-6-2-8-17(15,16)13-10-5-7-14(9-10)11-3-4-11/h10-13H,2-9H2,1H3. The molecule has 5 nitrogen and oxygen atoms in total. The molecule has 6 heteroatoms. The molecule has 1 unspecified atom stereocenters. The summed E-state index contributed by atoms with van der Waals surface area (Å²) < 4.78 is 26.4. The summed E-state index contributed by atoms with van der Waals surface area (Å²) in [5.41, 5.74) is 0. The number of hydrogen-bond donors (Lipinski definition) is 2. The lowest BCUT2D eigenvalue weighted by Gasteiger charge is -2.15. The second-order valence-electron chi connectivity index (χ2n) is 5.11. The van der Waals surface area contributed by atoms with Crippen LogP contribution in [0.1, 0.15) is 25.7 Å². The van der Waals surface area contributed by atoms with Crippen LogP contribution in [0.15, 0.2) is 0 Å². The second kappa shape index (κ2) is 5.65. The fourth-order valence-electron chi connectivity index (χ4n) is 2.41. The van der Waals surface area contributed by atoms with E-state index in [1.807, 2.05) is 7.05 Å². The first-order chi connectivity index (χ1) is 8.11. The van der Waals surface area contributed by atoms with Gasteiger partial charge >= 0.3 is 0 Å². The van der Waals surface area contributed by atoms with Gasteiger partial charge in [0, 0.05) is 25.2 Å². The lowest BCUT2D eigenvalue weighted by atomic mass is 10.3. The predicted octanol–water partition coefficient (Wildman–Crippen LogP) is -0.248. The molecule has 1 aliphatic heterocycles. The molecule has 1 atom stereocenters. The summed E-state index contributed by atoms with van der Waals surface area (Å²) in [5, 5.41) is 2.96. The lowest BCUT2D eigenvalue weighted by molar-refractivity contribution is 0.322. The molecule has 0 aromatic rings. The quantitative estimate of drug-likeness (QED) is 0.621. The third kappa shape index (κ3) is 4.21. The monoisotopic (exact) mass is 261 g/mol. The van der Waals surface area contributed by atoms with Gasteiger partial charge in [-0.1, -0.05) is 0 Å². The number of nitrogens with one attached hydrogen (secondary N) is 2. The minimum atomic E-state index is -3.08. The Morgan fingerprint density at radius 3 is 2.71 bits per heavy atom. The van der Waals surface area contributed by atoms with E-state index in [0.717, 1.165) is 32.1 Å². The summed E-state index contributed by atoms with van der Waals surface area (Å²) in [4.78, 5) is 2.42. The molecule has 100 valence electrons. The summed E-state index contributed by atoms with van der Waals surface area (Å²) in [7, 11) is -1.24. The fraction of sp³-hybridized carbons (Fsp3) is 1.00. The maximum absolute atomic E-state index is 11.8. The molecule has 0 aromatic carbocycles. The molecule has 1 aliphatic carbocycles. The molecule has 0 amide bonds. The molecule has 1 saturated carbocycles. The van der Waals surface area contributed by atoms with Crippen molar-refractivity contribution < 1.29 is 8.42 Å². The molecule has 1 saturated heterocycles. The van der Waals surface area contributed by atoms with Crippen molar-refractivity contribution in [1.29, 1.82) is 0 Å². The molecule has 2 fully saturated rings. The van der Waals surface area contributed by atoms with Gasteiger partial charge in [-0.15, -0.1) is 0 Å². The first-order valence-electron chi connectivity index (χ1n) is 6.49. The zero-order valence-corrected chi connectivity index (χ0v) is 11.3. The zero-order valence-electron chi connectivity index (χ0n) is 10.5. The zero-order chi connectivity index (χ0) is 12.3. The Hall–Kier alpha value is -0.170. The largest absolute Gasteiger partial charge is 0.320 e. The molecule has 17 heavy (non-hydrogen) atoms. The Labute approximate surface area is 104 Å². The minimum absolute atomic E-state index is 0.134. The first kappa shape index (κ1) is 13.3. The topological polar surface area (TPSA) is 61.4 Å². The van der Waals surface area contributed by atoms with Crippen LogP contribution in [0.2, 0.25) is 0 Å². The van der Waals surface area contributed by atoms with E-state index in [-0.39, 0.29) is 11.8 Å². The average Bonchev–Trinajstić information content (AvgIpc) is 3.01. The van der Waals surface area contributed by atoms with E-state index < -0.39 is 10.0 Å². The van der Waals surface area contributed by atoms with Gasteiger partial charge in [0.2, 0.25) is 10.0 Å². The van der Waals surface area contributed by atoms with Crippen LogP contribution in [-0.4, -0.2) is 57.8 Å². The van der Waals surface area contributed by atoms with Crippen LogP contribution in [0, 0.1) is 0 Å². The summed E-state index contributed by atoms with van der Waals surface area (Å²) >= 11 is 0. The van der Waals surface area contributed by atoms with E-state index in [4.69, 9.17) is 0 Å². The van der Waals surface area contributed by atoms with Crippen molar-refractivity contribution in [3.8, 4) is 0 Å². The fourth-order valence-corrected chi connectivity index (χ4v) is 3.75. The van der Waals surface area contributed by atoms with Crippen molar-refractivity contribution in [3.63, 3.8) is 0 Å². The van der Waals surface area contributed by atoms with Gasteiger partial charge in [-0.05, 0) is 39.3 Å². The number of nitrogens with zero attached hydrogens (tertiary/aromatic N) is 1. The van der Waals surface area contributed by atoms with Crippen molar-refractivity contribution in [3.05, 3.63) is 0 Å². The van der Waals surface area contributed by atoms with Gasteiger partial charge in [0.25, 0.3) is 0 Å². The van der Waals surface area contributed by atoms with Crippen molar-refractivity contribution in [2.45, 2.75) is 37.8 Å². The number of sulfonamides is 1. The Balaban J connectivity index is 1.72. The van der Waals surface area contributed by atoms with Gasteiger partial charge in [-0.25, -0.2) is 13.1 Å². The van der Waals surface area contributed by atoms with Gasteiger partial charge in [0.15, 0.2) is 0 Å². The summed E-state index contributed by atoms with van der Waals surface area (Å²) in [6.45, 7) is 2.70. The van der Waals surface area contributed by atoms with Gasteiger partial charge in [-0.3, -0.25) is 4.90 Å². The van der Waals surface area contributed by atoms with Crippen LogP contribution in [0.4, 0.5) is 0 Å². The van der Waals surface area contributed by atoms with Crippen LogP contribution in [0.25, 0.3) is 0 Å². The van der Waals surface area contributed by atoms with Gasteiger partial charge in [0.05, 0.1) is 5.75 Å². The Bertz CT molecular complexity index is 341. The molecule has 2 N–H and O–H groups in total. The maximum Gasteiger partial charge on any atom is 0.211 e. The van der Waals surface area contributed by atoms with E-state index in [1.54, 1.807) is 0 Å². The molecule has 0 aromatic heterocycles. The summed E-state index contributed by atoms with van der Waals surface area (Å²) in [6.07, 6.45) is 4.22. The smallest absolute Gasteiger partial charge is 0.211 e. The van der Waals surface area contributed by atoms with E-state index >= 15 is 0 Å². The highest BCUT2D eigenvalue weighted by molar-refractivity contribution is 7.89. The van der Waals surface area contributed by atoms with E-state index in [2.05, 4.69) is 14.9 Å².